The molecule has 3 rings (SSSR count). The van der Waals surface area contributed by atoms with Gasteiger partial charge in [0, 0.05) is 45.8 Å². The van der Waals surface area contributed by atoms with Crippen LogP contribution in [0.1, 0.15) is 114 Å². The van der Waals surface area contributed by atoms with Gasteiger partial charge in [0.25, 0.3) is 0 Å². The molecule has 0 radical (unpaired) electrons. The number of ether oxygens (including phenoxy) is 2. The fourth-order valence-electron chi connectivity index (χ4n) is 5.36. The third kappa shape index (κ3) is 40.3. The van der Waals surface area contributed by atoms with Gasteiger partial charge >= 0.3 is 62.7 Å². The number of rotatable bonds is 7. The van der Waals surface area contributed by atoms with Crippen molar-refractivity contribution in [2.75, 3.05) is 72.0 Å². The van der Waals surface area contributed by atoms with E-state index in [-0.39, 0.29) is 36.2 Å². The number of halogens is 4. The number of nitrogens with two attached hydrogens (primary N) is 1. The summed E-state index contributed by atoms with van der Waals surface area (Å²) in [5, 5.41) is 8.76. The van der Waals surface area contributed by atoms with Crippen molar-refractivity contribution in [3.8, 4) is 0 Å². The molecule has 0 bridgehead atoms. The van der Waals surface area contributed by atoms with E-state index in [9.17, 15) is 9.59 Å². The summed E-state index contributed by atoms with van der Waals surface area (Å²) in [5.74, 6) is 2.60. The average molecular weight is 1150 g/mol. The number of piperidine rings is 3. The molecule has 0 aromatic heterocycles. The molecule has 2 amide bonds. The summed E-state index contributed by atoms with van der Waals surface area (Å²) in [6.07, 6.45) is 8.45. The van der Waals surface area contributed by atoms with E-state index >= 15 is 0 Å². The number of alkyl carbamates (subject to hydrolysis) is 2. The van der Waals surface area contributed by atoms with E-state index in [2.05, 4.69) is 83.8 Å². The molecule has 3 aliphatic heterocycles. The molecule has 3 saturated heterocycles. The molecule has 10 nitrogen and oxygen atoms in total. The van der Waals surface area contributed by atoms with Gasteiger partial charge in [-0.05, 0) is 130 Å². The van der Waals surface area contributed by atoms with Gasteiger partial charge in [0.15, 0.2) is 0 Å². The van der Waals surface area contributed by atoms with Crippen LogP contribution < -0.4 is 34.9 Å². The van der Waals surface area contributed by atoms with Gasteiger partial charge in [0.05, 0.1) is 0 Å². The summed E-state index contributed by atoms with van der Waals surface area (Å²) in [6, 6.07) is 0. The average Bonchev–Trinajstić information content (AvgIpc) is 2.96. The monoisotopic (exact) mass is 1150 g/mol. The molecule has 0 aromatic rings. The zero-order chi connectivity index (χ0) is 37.0. The number of hydrogen-bond donors (Lipinski definition) is 4. The molecule has 0 spiro atoms. The molecule has 3 unspecified atom stereocenters. The van der Waals surface area contributed by atoms with Crippen molar-refractivity contribution >= 4 is 73.4 Å². The van der Waals surface area contributed by atoms with Gasteiger partial charge in [0.2, 0.25) is 0 Å². The predicted octanol–water partition coefficient (Wildman–Crippen LogP) is 5.24. The minimum absolute atomic E-state index is 0. The Morgan fingerprint density at radius 3 is 1.55 bits per heavy atom. The number of nitrogens with one attached hydrogen (secondary N) is 3. The topological polar surface area (TPSA) is 121 Å². The number of carbonyl (C=O) groups is 2. The summed E-state index contributed by atoms with van der Waals surface area (Å²) in [5.41, 5.74) is 4.66. The summed E-state index contributed by atoms with van der Waals surface area (Å²) >= 11 is 5.30. The van der Waals surface area contributed by atoms with Crippen molar-refractivity contribution in [3.05, 3.63) is 0 Å². The molecular weight excluding hydrogens is 1080 g/mol. The van der Waals surface area contributed by atoms with Crippen LogP contribution in [-0.2, 0) is 9.47 Å². The number of likely N-dealkylation sites (tertiary alicyclic amines) is 2. The molecule has 3 aliphatic rings. The van der Waals surface area contributed by atoms with Crippen LogP contribution in [0.2, 0.25) is 0 Å². The van der Waals surface area contributed by atoms with Crippen LogP contribution in [0.4, 0.5) is 9.59 Å². The third-order valence-electron chi connectivity index (χ3n) is 7.49. The fourth-order valence-corrected chi connectivity index (χ4v) is 5.36. The molecule has 3 heterocycles. The van der Waals surface area contributed by atoms with Crippen LogP contribution in [0, 0.1) is 17.8 Å². The molecular formula is C35H75I4N6O4-. The van der Waals surface area contributed by atoms with Crippen molar-refractivity contribution in [3.63, 3.8) is 0 Å². The molecule has 0 saturated carbocycles. The van der Waals surface area contributed by atoms with Gasteiger partial charge in [-0.15, -0.1) is 24.0 Å². The fraction of sp³-hybridized carbons (Fsp3) is 0.943. The predicted molar refractivity (Wildman–Crippen MR) is 232 cm³/mol. The summed E-state index contributed by atoms with van der Waals surface area (Å²) in [7, 11) is 0. The van der Waals surface area contributed by atoms with E-state index in [4.69, 9.17) is 15.2 Å². The van der Waals surface area contributed by atoms with Crippen LogP contribution in [0.25, 0.3) is 0 Å². The quantitative estimate of drug-likeness (QED) is 0.256. The molecule has 5 N–H and O–H groups in total. The third-order valence-corrected chi connectivity index (χ3v) is 7.49. The van der Waals surface area contributed by atoms with Crippen molar-refractivity contribution in [1.82, 2.24) is 25.8 Å². The van der Waals surface area contributed by atoms with Gasteiger partial charge < -0.3 is 41.0 Å². The van der Waals surface area contributed by atoms with Crippen LogP contribution >= 0.6 is 61.2 Å². The maximum absolute atomic E-state index is 11.4. The first-order chi connectivity index (χ1) is 22.5. The molecule has 3 atom stereocenters. The second-order valence-corrected chi connectivity index (χ2v) is 31.5. The Hall–Kier alpha value is 1.30. The van der Waals surface area contributed by atoms with Crippen LogP contribution in [0.5, 0.6) is 0 Å². The normalized spacial score (nSPS) is 21.2. The van der Waals surface area contributed by atoms with E-state index in [1.165, 1.54) is 64.7 Å². The second-order valence-electron chi connectivity index (χ2n) is 15.2. The Labute approximate surface area is 348 Å². The Morgan fingerprint density at radius 1 is 0.796 bits per heavy atom. The summed E-state index contributed by atoms with van der Waals surface area (Å²) in [4.78, 5) is 27.2. The number of hydrogen-bond acceptors (Lipinski definition) is 8. The van der Waals surface area contributed by atoms with E-state index < -0.39 is 11.2 Å². The molecule has 49 heavy (non-hydrogen) atoms. The van der Waals surface area contributed by atoms with Crippen molar-refractivity contribution in [1.29, 1.82) is 0 Å². The molecule has 14 heteroatoms. The van der Waals surface area contributed by atoms with Crippen LogP contribution in [0.3, 0.4) is 0 Å². The van der Waals surface area contributed by atoms with E-state index in [0.29, 0.717) is 26.3 Å². The van der Waals surface area contributed by atoms with E-state index in [1.807, 2.05) is 48.5 Å². The zero-order valence-electron chi connectivity index (χ0n) is 32.6. The van der Waals surface area contributed by atoms with Gasteiger partial charge in [0.1, 0.15) is 11.2 Å². The standard InChI is InChI=1S/C13H26N2O2.C8H18N2.C8H17NO2.C6H13N.I3.HI/c1-11-6-5-8-15(10-11)9-7-14-12(16)17-13(2,3)4;1-8-3-2-5-10(7-8)6-4-9;1-5-6-9-7(10)11-8(2,3)4;1-6-3-2-4-7-5-6;1-3-2;/h11H,5-10H2,1-4H3,(H,14,16);8H,2-7,9H2,1H3;5-6H2,1-4H3,(H,9,10);6-7H,2-5H2,1H3;;1H/q;;;;-1;. The SMILES string of the molecule is CC1CCCN(CCN)C1.CC1CCCN(CCNC(=O)OC(C)(C)C)C1.CC1CCCNC1.CCCNC(=O)OC(C)(C)C.I.I[I-]I. The molecule has 0 aromatic carbocycles. The van der Waals surface area contributed by atoms with Gasteiger partial charge in [-0.3, -0.25) is 0 Å². The van der Waals surface area contributed by atoms with Crippen LogP contribution in [0.15, 0.2) is 0 Å². The Morgan fingerprint density at radius 2 is 1.22 bits per heavy atom. The van der Waals surface area contributed by atoms with Crippen molar-refractivity contribution in [2.45, 2.75) is 125 Å². The number of carbonyl (C=O) groups excluding carboxylic acids is 2. The first-order valence-corrected chi connectivity index (χ1v) is 30.7. The van der Waals surface area contributed by atoms with Crippen LogP contribution in [-0.4, -0.2) is 105 Å². The molecule has 0 aliphatic carbocycles. The van der Waals surface area contributed by atoms with Crippen molar-refractivity contribution < 1.29 is 32.3 Å². The number of nitrogens with zero attached hydrogens (tertiary/aromatic N) is 2. The molecule has 298 valence electrons. The molecule has 3 fully saturated rings. The Kier molecular flexibility index (Phi) is 37.7. The second kappa shape index (κ2) is 33.8. The van der Waals surface area contributed by atoms with Gasteiger partial charge in [-0.25, -0.2) is 9.59 Å². The maximum atomic E-state index is 11.4. The number of amides is 2. The summed E-state index contributed by atoms with van der Waals surface area (Å²) in [6.45, 7) is 31.5. The van der Waals surface area contributed by atoms with Gasteiger partial charge in [-0.1, -0.05) is 27.7 Å². The minimum atomic E-state index is -0.413. The van der Waals surface area contributed by atoms with E-state index in [0.717, 1.165) is 56.9 Å². The van der Waals surface area contributed by atoms with Crippen molar-refractivity contribution in [2.24, 2.45) is 23.5 Å². The first kappa shape index (κ1) is 54.6. The van der Waals surface area contributed by atoms with E-state index in [1.54, 1.807) is 0 Å². The summed E-state index contributed by atoms with van der Waals surface area (Å²) < 4.78 is 10.2. The Balaban J connectivity index is -0.000000580. The first-order valence-electron chi connectivity index (χ1n) is 18.1. The Bertz CT molecular complexity index is 782. The van der Waals surface area contributed by atoms with Gasteiger partial charge in [-0.2, -0.15) is 0 Å². The zero-order valence-corrected chi connectivity index (χ0v) is 41.4.